The summed E-state index contributed by atoms with van der Waals surface area (Å²) < 4.78 is 19.1. The van der Waals surface area contributed by atoms with Crippen LogP contribution < -0.4 is 16.4 Å². The molecule has 1 amide bonds. The first-order chi connectivity index (χ1) is 12.0. The van der Waals surface area contributed by atoms with Gasteiger partial charge in [-0.15, -0.1) is 0 Å². The van der Waals surface area contributed by atoms with Gasteiger partial charge in [0.1, 0.15) is 11.8 Å². The van der Waals surface area contributed by atoms with Gasteiger partial charge < -0.3 is 15.8 Å². The summed E-state index contributed by atoms with van der Waals surface area (Å²) in [7, 11) is 0. The number of nitrogens with zero attached hydrogens (tertiary/aromatic N) is 2. The molecule has 2 rings (SSSR count). The van der Waals surface area contributed by atoms with Crippen LogP contribution in [0.3, 0.4) is 0 Å². The third-order valence-corrected chi connectivity index (χ3v) is 3.41. The molecule has 0 spiro atoms. The Hall–Kier alpha value is -3.34. The lowest BCUT2D eigenvalue weighted by atomic mass is 10.2. The third-order valence-electron chi connectivity index (χ3n) is 3.41. The smallest absolute Gasteiger partial charge is 0.411 e. The molecule has 25 heavy (non-hydrogen) atoms. The molecule has 2 aromatic rings. The largest absolute Gasteiger partial charge is 0.450 e. The Labute approximate surface area is 144 Å². The number of carbonyl (C=O) groups excluding carboxylic acids is 1. The number of nitriles is 1. The number of amides is 1. The zero-order valence-corrected chi connectivity index (χ0v) is 13.9. The van der Waals surface area contributed by atoms with Gasteiger partial charge in [0, 0.05) is 0 Å². The van der Waals surface area contributed by atoms with Crippen molar-refractivity contribution >= 4 is 23.2 Å². The van der Waals surface area contributed by atoms with E-state index < -0.39 is 11.9 Å². The molecule has 1 aromatic heterocycles. The average Bonchev–Trinajstić information content (AvgIpc) is 2.59. The maximum absolute atomic E-state index is 14.4. The summed E-state index contributed by atoms with van der Waals surface area (Å²) in [6.45, 7) is 3.86. The van der Waals surface area contributed by atoms with Crippen LogP contribution in [0.5, 0.6) is 0 Å². The van der Waals surface area contributed by atoms with Crippen molar-refractivity contribution in [1.82, 2.24) is 4.98 Å². The summed E-state index contributed by atoms with van der Waals surface area (Å²) in [5, 5.41) is 14.2. The van der Waals surface area contributed by atoms with Gasteiger partial charge in [-0.1, -0.05) is 6.07 Å². The number of nitrogen functional groups attached to an aromatic ring is 1. The summed E-state index contributed by atoms with van der Waals surface area (Å²) in [5.41, 5.74) is 7.50. The number of halogens is 1. The van der Waals surface area contributed by atoms with E-state index in [9.17, 15) is 9.18 Å². The van der Waals surface area contributed by atoms with Crippen molar-refractivity contribution < 1.29 is 13.9 Å². The quantitative estimate of drug-likeness (QED) is 0.719. The highest BCUT2D eigenvalue weighted by molar-refractivity contribution is 5.90. The number of pyridine rings is 1. The number of aromatic nitrogens is 1. The fraction of sp³-hybridized carbons (Fsp3) is 0.235. The minimum Gasteiger partial charge on any atom is -0.450 e. The third kappa shape index (κ3) is 4.35. The second-order valence-corrected chi connectivity index (χ2v) is 5.17. The lowest BCUT2D eigenvalue weighted by Crippen LogP contribution is -2.15. The molecule has 0 saturated heterocycles. The van der Waals surface area contributed by atoms with Crippen LogP contribution in [0.4, 0.5) is 26.2 Å². The number of carbonyl (C=O) groups is 1. The van der Waals surface area contributed by atoms with Crippen LogP contribution >= 0.6 is 0 Å². The molecule has 0 aliphatic heterocycles. The highest BCUT2D eigenvalue weighted by atomic mass is 19.1. The van der Waals surface area contributed by atoms with Crippen molar-refractivity contribution in [3.63, 3.8) is 0 Å². The average molecular weight is 343 g/mol. The van der Waals surface area contributed by atoms with Crippen molar-refractivity contribution in [2.45, 2.75) is 20.4 Å². The number of hydrogen-bond acceptors (Lipinski definition) is 6. The fourth-order valence-electron chi connectivity index (χ4n) is 2.08. The number of nitrogens with one attached hydrogen (secondary N) is 2. The summed E-state index contributed by atoms with van der Waals surface area (Å²) >= 11 is 0. The Balaban J connectivity index is 2.12. The molecule has 0 fully saturated rings. The molecule has 1 heterocycles. The summed E-state index contributed by atoms with van der Waals surface area (Å²) in [4.78, 5) is 15.6. The lowest BCUT2D eigenvalue weighted by molar-refractivity contribution is 0.168. The molecular weight excluding hydrogens is 325 g/mol. The van der Waals surface area contributed by atoms with Gasteiger partial charge in [0.15, 0.2) is 5.82 Å². The molecule has 0 bridgehead atoms. The number of rotatable bonds is 5. The van der Waals surface area contributed by atoms with Crippen molar-refractivity contribution in [2.24, 2.45) is 0 Å². The molecule has 0 saturated carbocycles. The fourth-order valence-corrected chi connectivity index (χ4v) is 2.08. The minimum absolute atomic E-state index is 0.127. The van der Waals surface area contributed by atoms with Crippen LogP contribution in [0.15, 0.2) is 24.3 Å². The molecule has 8 heteroatoms. The topological polar surface area (TPSA) is 113 Å². The van der Waals surface area contributed by atoms with Crippen molar-refractivity contribution in [1.29, 1.82) is 5.26 Å². The molecule has 0 atom stereocenters. The molecule has 1 aromatic carbocycles. The zero-order chi connectivity index (χ0) is 18.4. The van der Waals surface area contributed by atoms with Gasteiger partial charge in [0.2, 0.25) is 0 Å². The second-order valence-electron chi connectivity index (χ2n) is 5.17. The summed E-state index contributed by atoms with van der Waals surface area (Å²) in [5.74, 6) is -0.693. The number of nitrogens with two attached hydrogens (primary N) is 1. The van der Waals surface area contributed by atoms with E-state index in [0.29, 0.717) is 11.4 Å². The number of ether oxygens (including phenoxy) is 1. The van der Waals surface area contributed by atoms with Gasteiger partial charge in [-0.2, -0.15) is 5.26 Å². The van der Waals surface area contributed by atoms with Gasteiger partial charge in [0.25, 0.3) is 0 Å². The predicted octanol–water partition coefficient (Wildman–Crippen LogP) is 3.16. The maximum Gasteiger partial charge on any atom is 0.411 e. The Morgan fingerprint density at radius 1 is 1.36 bits per heavy atom. The summed E-state index contributed by atoms with van der Waals surface area (Å²) in [6, 6.07) is 8.46. The first kappa shape index (κ1) is 18.0. The van der Waals surface area contributed by atoms with Crippen LogP contribution in [0.1, 0.15) is 23.9 Å². The van der Waals surface area contributed by atoms with Crippen LogP contribution in [0.25, 0.3) is 0 Å². The predicted molar refractivity (Wildman–Crippen MR) is 92.5 cm³/mol. The molecule has 0 radical (unpaired) electrons. The van der Waals surface area contributed by atoms with Gasteiger partial charge in [-0.3, -0.25) is 5.32 Å². The molecule has 4 N–H and O–H groups in total. The number of aryl methyl sites for hydroxylation is 1. The van der Waals surface area contributed by atoms with E-state index in [-0.39, 0.29) is 30.2 Å². The molecule has 130 valence electrons. The molecular formula is C17H18FN5O2. The molecule has 0 aliphatic rings. The standard InChI is InChI=1S/C17H18FN5O2/c1-3-25-17(24)23-13-7-6-12(15(18)16(13)20)21-9-11-5-4-10(2)14(8-19)22-11/h4-7,21H,3,9,20H2,1-2H3,(H,23,24). The Morgan fingerprint density at radius 2 is 2.08 bits per heavy atom. The van der Waals surface area contributed by atoms with E-state index in [4.69, 9.17) is 15.7 Å². The summed E-state index contributed by atoms with van der Waals surface area (Å²) in [6.07, 6.45) is -0.706. The Bertz CT molecular complexity index is 833. The molecule has 0 unspecified atom stereocenters. The second kappa shape index (κ2) is 7.97. The van der Waals surface area contributed by atoms with E-state index >= 15 is 0 Å². The van der Waals surface area contributed by atoms with Gasteiger partial charge in [-0.25, -0.2) is 14.2 Å². The number of anilines is 3. The van der Waals surface area contributed by atoms with Gasteiger partial charge >= 0.3 is 6.09 Å². The minimum atomic E-state index is -0.706. The maximum atomic E-state index is 14.4. The highest BCUT2D eigenvalue weighted by Gasteiger charge is 2.13. The van der Waals surface area contributed by atoms with E-state index in [2.05, 4.69) is 15.6 Å². The van der Waals surface area contributed by atoms with Gasteiger partial charge in [-0.05, 0) is 37.6 Å². The monoisotopic (exact) mass is 343 g/mol. The zero-order valence-electron chi connectivity index (χ0n) is 13.9. The van der Waals surface area contributed by atoms with E-state index in [1.165, 1.54) is 12.1 Å². The lowest BCUT2D eigenvalue weighted by Gasteiger charge is -2.13. The van der Waals surface area contributed by atoms with E-state index in [1.807, 2.05) is 6.07 Å². The van der Waals surface area contributed by atoms with Crippen LogP contribution in [-0.2, 0) is 11.3 Å². The first-order valence-corrected chi connectivity index (χ1v) is 7.58. The van der Waals surface area contributed by atoms with Crippen molar-refractivity contribution in [2.75, 3.05) is 23.0 Å². The van der Waals surface area contributed by atoms with Crippen LogP contribution in [-0.4, -0.2) is 17.7 Å². The Kier molecular flexibility index (Phi) is 5.74. The van der Waals surface area contributed by atoms with Crippen molar-refractivity contribution in [3.05, 3.63) is 47.0 Å². The SMILES string of the molecule is CCOC(=O)Nc1ccc(NCc2ccc(C)c(C#N)n2)c(F)c1N. The van der Waals surface area contributed by atoms with Crippen LogP contribution in [0, 0.1) is 24.1 Å². The van der Waals surface area contributed by atoms with Crippen LogP contribution in [0.2, 0.25) is 0 Å². The highest BCUT2D eigenvalue weighted by Crippen LogP contribution is 2.28. The molecule has 0 aliphatic carbocycles. The van der Waals surface area contributed by atoms with Crippen molar-refractivity contribution in [3.8, 4) is 6.07 Å². The number of hydrogen-bond donors (Lipinski definition) is 3. The molecule has 7 nitrogen and oxygen atoms in total. The first-order valence-electron chi connectivity index (χ1n) is 7.58. The Morgan fingerprint density at radius 3 is 2.76 bits per heavy atom. The van der Waals surface area contributed by atoms with Gasteiger partial charge in [0.05, 0.1) is 35.9 Å². The normalized spacial score (nSPS) is 10.0. The van der Waals surface area contributed by atoms with E-state index in [1.54, 1.807) is 26.0 Å². The van der Waals surface area contributed by atoms with E-state index in [0.717, 1.165) is 5.56 Å². The number of benzene rings is 1.